The van der Waals surface area contributed by atoms with E-state index in [9.17, 15) is 17.6 Å². The molecule has 174 valence electrons. The topological polar surface area (TPSA) is 87.1 Å². The zero-order valence-corrected chi connectivity index (χ0v) is 19.4. The molecule has 1 aliphatic rings. The Hall–Kier alpha value is -2.20. The Bertz CT molecular complexity index is 1060. The molecule has 2 aromatic rings. The third-order valence-corrected chi connectivity index (χ3v) is 6.36. The molecule has 1 unspecified atom stereocenters. The minimum absolute atomic E-state index is 0.0646. The number of carbonyl (C=O) groups is 1. The summed E-state index contributed by atoms with van der Waals surface area (Å²) in [4.78, 5) is 16.8. The van der Waals surface area contributed by atoms with E-state index in [0.29, 0.717) is 24.7 Å². The van der Waals surface area contributed by atoms with Crippen molar-refractivity contribution in [2.45, 2.75) is 38.2 Å². The molecule has 1 heterocycles. The minimum Gasteiger partial charge on any atom is -0.483 e. The normalized spacial score (nSPS) is 19.7. The highest BCUT2D eigenvalue weighted by atomic mass is 35.5. The van der Waals surface area contributed by atoms with Crippen LogP contribution in [-0.4, -0.2) is 60.5 Å². The molecule has 0 spiro atoms. The van der Waals surface area contributed by atoms with E-state index in [4.69, 9.17) is 20.9 Å². The molecule has 1 N–H and O–H groups in total. The van der Waals surface area contributed by atoms with Gasteiger partial charge in [-0.2, -0.15) is 8.42 Å². The maximum absolute atomic E-state index is 13.1. The Balaban J connectivity index is 1.61. The smallest absolute Gasteiger partial charge is 0.269 e. The molecular weight excluding hydrogens is 459 g/mol. The first-order chi connectivity index (χ1) is 15.0. The van der Waals surface area contributed by atoms with Crippen molar-refractivity contribution in [3.63, 3.8) is 0 Å². The summed E-state index contributed by atoms with van der Waals surface area (Å²) in [5, 5.41) is 0.294. The Kier molecular flexibility index (Phi) is 7.76. The number of nitrogens with zero attached hydrogens (tertiary/aromatic N) is 2. The number of hydrogen-bond donors (Lipinski definition) is 1. The summed E-state index contributed by atoms with van der Waals surface area (Å²) in [6.45, 7) is 5.53. The Morgan fingerprint density at radius 2 is 1.84 bits per heavy atom. The Morgan fingerprint density at radius 1 is 1.16 bits per heavy atom. The summed E-state index contributed by atoms with van der Waals surface area (Å²) in [7, 11) is -4.29. The maximum atomic E-state index is 13.1. The predicted octanol–water partition coefficient (Wildman–Crippen LogP) is 3.37. The van der Waals surface area contributed by atoms with Crippen molar-refractivity contribution in [3.05, 3.63) is 64.4 Å². The van der Waals surface area contributed by atoms with E-state index in [2.05, 4.69) is 4.90 Å². The summed E-state index contributed by atoms with van der Waals surface area (Å²) in [6.07, 6.45) is 0. The minimum atomic E-state index is -4.29. The zero-order valence-electron chi connectivity index (χ0n) is 17.9. The second-order valence-corrected chi connectivity index (χ2v) is 9.96. The fourth-order valence-electron chi connectivity index (χ4n) is 3.81. The van der Waals surface area contributed by atoms with E-state index in [1.54, 1.807) is 17.0 Å². The van der Waals surface area contributed by atoms with Gasteiger partial charge >= 0.3 is 0 Å². The van der Waals surface area contributed by atoms with Crippen LogP contribution >= 0.6 is 11.6 Å². The van der Waals surface area contributed by atoms with Crippen molar-refractivity contribution in [2.75, 3.05) is 19.7 Å². The molecule has 0 aliphatic carbocycles. The van der Waals surface area contributed by atoms with Crippen molar-refractivity contribution in [1.82, 2.24) is 9.80 Å². The highest BCUT2D eigenvalue weighted by Crippen LogP contribution is 2.25. The number of carbonyl (C=O) groups excluding carboxylic acids is 1. The van der Waals surface area contributed by atoms with Crippen LogP contribution < -0.4 is 4.74 Å². The second-order valence-electron chi connectivity index (χ2n) is 8.07. The van der Waals surface area contributed by atoms with Crippen LogP contribution in [0.4, 0.5) is 4.39 Å². The quantitative estimate of drug-likeness (QED) is 0.606. The van der Waals surface area contributed by atoms with Crippen molar-refractivity contribution in [1.29, 1.82) is 0 Å². The van der Waals surface area contributed by atoms with Crippen LogP contribution in [0.2, 0.25) is 5.02 Å². The first kappa shape index (κ1) is 24.4. The van der Waals surface area contributed by atoms with Gasteiger partial charge in [0.15, 0.2) is 6.61 Å². The van der Waals surface area contributed by atoms with E-state index in [1.807, 2.05) is 13.8 Å². The van der Waals surface area contributed by atoms with Crippen LogP contribution in [0.1, 0.15) is 25.0 Å². The third-order valence-electron chi connectivity index (χ3n) is 5.45. The number of halogens is 2. The average molecular weight is 485 g/mol. The molecular formula is C22H26ClFN2O5S. The molecule has 3 rings (SSSR count). The van der Waals surface area contributed by atoms with Gasteiger partial charge in [-0.3, -0.25) is 14.2 Å². The first-order valence-corrected chi connectivity index (χ1v) is 12.1. The summed E-state index contributed by atoms with van der Waals surface area (Å²) < 4.78 is 50.4. The van der Waals surface area contributed by atoms with Crippen molar-refractivity contribution >= 4 is 27.6 Å². The number of hydrogen-bond acceptors (Lipinski definition) is 5. The molecule has 0 bridgehead atoms. The monoisotopic (exact) mass is 484 g/mol. The first-order valence-electron chi connectivity index (χ1n) is 10.2. The second kappa shape index (κ2) is 10.2. The van der Waals surface area contributed by atoms with E-state index < -0.39 is 15.9 Å². The lowest BCUT2D eigenvalue weighted by Crippen LogP contribution is -2.58. The van der Waals surface area contributed by atoms with Crippen LogP contribution in [0.3, 0.4) is 0 Å². The van der Waals surface area contributed by atoms with E-state index in [-0.39, 0.29) is 41.7 Å². The SMILES string of the molecule is CC1CN(C(=O)COc2ccc(Cl)cc2CS(=O)(=O)O)[C@H](C)CN1Cc1ccc(F)cc1. The number of amides is 1. The summed E-state index contributed by atoms with van der Waals surface area (Å²) in [6, 6.07) is 10.8. The van der Waals surface area contributed by atoms with Gasteiger partial charge in [-0.05, 0) is 49.7 Å². The molecule has 0 aromatic heterocycles. The van der Waals surface area contributed by atoms with Gasteiger partial charge in [-0.25, -0.2) is 4.39 Å². The lowest BCUT2D eigenvalue weighted by Gasteiger charge is -2.44. The lowest BCUT2D eigenvalue weighted by molar-refractivity contribution is -0.139. The zero-order chi connectivity index (χ0) is 23.5. The number of benzene rings is 2. The number of ether oxygens (including phenoxy) is 1. The lowest BCUT2D eigenvalue weighted by atomic mass is 10.1. The molecule has 1 aliphatic heterocycles. The Morgan fingerprint density at radius 3 is 2.50 bits per heavy atom. The van der Waals surface area contributed by atoms with Gasteiger partial charge in [0.05, 0.1) is 0 Å². The van der Waals surface area contributed by atoms with Gasteiger partial charge in [0.2, 0.25) is 0 Å². The molecule has 1 fully saturated rings. The molecule has 10 heteroatoms. The maximum Gasteiger partial charge on any atom is 0.269 e. The molecule has 0 radical (unpaired) electrons. The molecule has 2 atom stereocenters. The fraction of sp³-hybridized carbons (Fsp3) is 0.409. The summed E-state index contributed by atoms with van der Waals surface area (Å²) in [5.74, 6) is -0.979. The van der Waals surface area contributed by atoms with Crippen LogP contribution in [0, 0.1) is 5.82 Å². The van der Waals surface area contributed by atoms with Crippen molar-refractivity contribution < 1.29 is 26.9 Å². The van der Waals surface area contributed by atoms with E-state index >= 15 is 0 Å². The van der Waals surface area contributed by atoms with Gasteiger partial charge in [-0.15, -0.1) is 0 Å². The number of piperazine rings is 1. The standard InChI is InChI=1S/C22H26ClFN2O5S/c1-15-11-26(16(2)10-25(15)12-17-3-6-20(24)7-4-17)22(27)13-31-21-8-5-19(23)9-18(21)14-32(28,29)30/h3-9,15-16H,10-14H2,1-2H3,(H,28,29,30)/t15?,16-/m1/s1. The molecule has 0 saturated carbocycles. The third kappa shape index (κ3) is 6.65. The summed E-state index contributed by atoms with van der Waals surface area (Å²) >= 11 is 5.91. The van der Waals surface area contributed by atoms with Gasteiger partial charge in [0, 0.05) is 42.3 Å². The Labute approximate surface area is 192 Å². The van der Waals surface area contributed by atoms with E-state index in [1.165, 1.54) is 30.3 Å². The highest BCUT2D eigenvalue weighted by Gasteiger charge is 2.32. The average Bonchev–Trinajstić information content (AvgIpc) is 2.70. The van der Waals surface area contributed by atoms with Crippen molar-refractivity contribution in [2.24, 2.45) is 0 Å². The van der Waals surface area contributed by atoms with E-state index in [0.717, 1.165) is 5.56 Å². The van der Waals surface area contributed by atoms with Crippen LogP contribution in [0.15, 0.2) is 42.5 Å². The molecule has 7 nitrogen and oxygen atoms in total. The van der Waals surface area contributed by atoms with Crippen LogP contribution in [0.25, 0.3) is 0 Å². The predicted molar refractivity (Wildman–Crippen MR) is 120 cm³/mol. The van der Waals surface area contributed by atoms with Gasteiger partial charge in [-0.1, -0.05) is 23.7 Å². The molecule has 2 aromatic carbocycles. The van der Waals surface area contributed by atoms with Crippen LogP contribution in [0.5, 0.6) is 5.75 Å². The largest absolute Gasteiger partial charge is 0.483 e. The van der Waals surface area contributed by atoms with Gasteiger partial charge < -0.3 is 9.64 Å². The van der Waals surface area contributed by atoms with Gasteiger partial charge in [0.1, 0.15) is 17.3 Å². The highest BCUT2D eigenvalue weighted by molar-refractivity contribution is 7.85. The summed E-state index contributed by atoms with van der Waals surface area (Å²) in [5.41, 5.74) is 1.18. The van der Waals surface area contributed by atoms with Crippen molar-refractivity contribution in [3.8, 4) is 5.75 Å². The fourth-order valence-corrected chi connectivity index (χ4v) is 4.62. The van der Waals surface area contributed by atoms with Crippen LogP contribution in [-0.2, 0) is 27.2 Å². The molecule has 1 amide bonds. The number of rotatable bonds is 7. The van der Waals surface area contributed by atoms with Gasteiger partial charge in [0.25, 0.3) is 16.0 Å². The molecule has 32 heavy (non-hydrogen) atoms. The molecule has 1 saturated heterocycles.